The molecule has 140 valence electrons. The number of carbonyl (C=O) groups excluding carboxylic acids is 1. The highest BCUT2D eigenvalue weighted by Gasteiger charge is 2.27. The lowest BCUT2D eigenvalue weighted by Gasteiger charge is -2.31. The molecular formula is C23H22N4O. The second-order valence-electron chi connectivity index (χ2n) is 7.19. The number of aromatic amines is 1. The fraction of sp³-hybridized carbons (Fsp3) is 0.261. The molecule has 0 saturated carbocycles. The fourth-order valence-electron chi connectivity index (χ4n) is 3.85. The molecule has 3 aromatic rings. The number of carbonyl (C=O) groups is 1. The van der Waals surface area contributed by atoms with E-state index < -0.39 is 0 Å². The van der Waals surface area contributed by atoms with Crippen molar-refractivity contribution in [1.82, 2.24) is 14.9 Å². The number of rotatable bonds is 3. The normalized spacial score (nSPS) is 14.6. The maximum absolute atomic E-state index is 12.8. The second-order valence-corrected chi connectivity index (χ2v) is 7.19. The highest BCUT2D eigenvalue weighted by atomic mass is 16.2. The molecule has 0 spiro atoms. The van der Waals surface area contributed by atoms with Gasteiger partial charge in [0.05, 0.1) is 22.9 Å². The summed E-state index contributed by atoms with van der Waals surface area (Å²) in [6.45, 7) is 3.39. The van der Waals surface area contributed by atoms with Crippen LogP contribution in [0.3, 0.4) is 0 Å². The van der Waals surface area contributed by atoms with Crippen LogP contribution in [0, 0.1) is 18.3 Å². The number of hydrogen-bond donors (Lipinski definition) is 1. The number of imidazole rings is 1. The summed E-state index contributed by atoms with van der Waals surface area (Å²) in [4.78, 5) is 23.0. The summed E-state index contributed by atoms with van der Waals surface area (Å²) in [6, 6.07) is 19.3. The first-order valence-electron chi connectivity index (χ1n) is 9.57. The van der Waals surface area contributed by atoms with Gasteiger partial charge in [-0.15, -0.1) is 0 Å². The fourth-order valence-corrected chi connectivity index (χ4v) is 3.85. The Morgan fingerprint density at radius 3 is 2.50 bits per heavy atom. The molecule has 2 aromatic carbocycles. The molecule has 5 heteroatoms. The van der Waals surface area contributed by atoms with Gasteiger partial charge in [-0.05, 0) is 31.9 Å². The van der Waals surface area contributed by atoms with Crippen LogP contribution in [0.2, 0.25) is 0 Å². The summed E-state index contributed by atoms with van der Waals surface area (Å²) >= 11 is 0. The minimum Gasteiger partial charge on any atom is -0.345 e. The molecule has 1 aromatic heterocycles. The molecule has 2 heterocycles. The molecule has 1 N–H and O–H groups in total. The van der Waals surface area contributed by atoms with Gasteiger partial charge in [0.15, 0.2) is 0 Å². The van der Waals surface area contributed by atoms with E-state index in [2.05, 4.69) is 30.1 Å². The van der Waals surface area contributed by atoms with E-state index in [1.54, 1.807) is 24.3 Å². The lowest BCUT2D eigenvalue weighted by Crippen LogP contribution is -2.38. The zero-order chi connectivity index (χ0) is 19.5. The van der Waals surface area contributed by atoms with Crippen LogP contribution in [0.4, 0.5) is 0 Å². The van der Waals surface area contributed by atoms with Gasteiger partial charge in [-0.2, -0.15) is 5.26 Å². The van der Waals surface area contributed by atoms with E-state index in [0.717, 1.165) is 35.6 Å². The van der Waals surface area contributed by atoms with E-state index in [0.29, 0.717) is 30.1 Å². The van der Waals surface area contributed by atoms with Crippen LogP contribution in [0.5, 0.6) is 0 Å². The number of aromatic nitrogens is 2. The van der Waals surface area contributed by atoms with Crippen molar-refractivity contribution in [2.45, 2.75) is 25.7 Å². The minimum atomic E-state index is -0.0591. The van der Waals surface area contributed by atoms with E-state index >= 15 is 0 Å². The first kappa shape index (κ1) is 18.0. The molecule has 4 rings (SSSR count). The molecule has 1 saturated heterocycles. The van der Waals surface area contributed by atoms with Crippen LogP contribution in [0.1, 0.15) is 46.2 Å². The number of nitriles is 1. The van der Waals surface area contributed by atoms with Crippen molar-refractivity contribution in [1.29, 1.82) is 5.26 Å². The molecule has 1 fully saturated rings. The average Bonchev–Trinajstić information content (AvgIpc) is 3.15. The SMILES string of the molecule is Cc1[nH]c(C2CCN(C(=O)c3ccccc3C#N)CC2)nc1-c1ccccc1. The first-order chi connectivity index (χ1) is 13.7. The standard InChI is InChI=1S/C23H22N4O/c1-16-21(17-7-3-2-4-8-17)26-22(25-16)18-11-13-27(14-12-18)23(28)20-10-6-5-9-19(20)15-24/h2-10,18H,11-14H2,1H3,(H,25,26). The summed E-state index contributed by atoms with van der Waals surface area (Å²) in [5, 5.41) is 9.25. The van der Waals surface area contributed by atoms with Gasteiger partial charge in [0.2, 0.25) is 0 Å². The number of hydrogen-bond acceptors (Lipinski definition) is 3. The molecule has 1 amide bonds. The Bertz CT molecular complexity index is 1020. The minimum absolute atomic E-state index is 0.0591. The Kier molecular flexibility index (Phi) is 4.94. The first-order valence-corrected chi connectivity index (χ1v) is 9.57. The summed E-state index contributed by atoms with van der Waals surface area (Å²) in [6.07, 6.45) is 1.73. The van der Waals surface area contributed by atoms with Crippen molar-refractivity contribution in [3.63, 3.8) is 0 Å². The quantitative estimate of drug-likeness (QED) is 0.748. The molecule has 1 aliphatic rings. The maximum Gasteiger partial charge on any atom is 0.255 e. The highest BCUT2D eigenvalue weighted by Crippen LogP contribution is 2.30. The van der Waals surface area contributed by atoms with Crippen molar-refractivity contribution >= 4 is 5.91 Å². The van der Waals surface area contributed by atoms with Crippen molar-refractivity contribution in [3.05, 3.63) is 77.2 Å². The van der Waals surface area contributed by atoms with Crippen LogP contribution in [0.25, 0.3) is 11.3 Å². The Labute approximate surface area is 164 Å². The van der Waals surface area contributed by atoms with Crippen molar-refractivity contribution in [2.24, 2.45) is 0 Å². The zero-order valence-corrected chi connectivity index (χ0v) is 15.9. The largest absolute Gasteiger partial charge is 0.345 e. The summed E-state index contributed by atoms with van der Waals surface area (Å²) < 4.78 is 0. The smallest absolute Gasteiger partial charge is 0.255 e. The van der Waals surface area contributed by atoms with Crippen LogP contribution in [0.15, 0.2) is 54.6 Å². The second kappa shape index (κ2) is 7.69. The third kappa shape index (κ3) is 3.41. The molecular weight excluding hydrogens is 348 g/mol. The van der Waals surface area contributed by atoms with Crippen molar-refractivity contribution in [2.75, 3.05) is 13.1 Å². The van der Waals surface area contributed by atoms with Gasteiger partial charge in [0.25, 0.3) is 5.91 Å². The number of nitrogens with one attached hydrogen (secondary N) is 1. The Balaban J connectivity index is 1.46. The predicted molar refractivity (Wildman–Crippen MR) is 108 cm³/mol. The number of aryl methyl sites for hydroxylation is 1. The number of H-pyrrole nitrogens is 1. The van der Waals surface area contributed by atoms with Gasteiger partial charge >= 0.3 is 0 Å². The average molecular weight is 370 g/mol. The van der Waals surface area contributed by atoms with Crippen molar-refractivity contribution in [3.8, 4) is 17.3 Å². The molecule has 28 heavy (non-hydrogen) atoms. The molecule has 0 bridgehead atoms. The lowest BCUT2D eigenvalue weighted by molar-refractivity contribution is 0.0711. The molecule has 0 aliphatic carbocycles. The Hall–Kier alpha value is -3.39. The van der Waals surface area contributed by atoms with Gasteiger partial charge in [-0.25, -0.2) is 4.98 Å². The molecule has 0 atom stereocenters. The lowest BCUT2D eigenvalue weighted by atomic mass is 9.95. The van der Waals surface area contributed by atoms with Crippen LogP contribution < -0.4 is 0 Å². The van der Waals surface area contributed by atoms with Crippen LogP contribution in [-0.2, 0) is 0 Å². The topological polar surface area (TPSA) is 72.8 Å². The Morgan fingerprint density at radius 1 is 1.11 bits per heavy atom. The molecule has 1 aliphatic heterocycles. The van der Waals surface area contributed by atoms with E-state index in [1.165, 1.54) is 0 Å². The van der Waals surface area contributed by atoms with E-state index in [9.17, 15) is 10.1 Å². The molecule has 0 unspecified atom stereocenters. The zero-order valence-electron chi connectivity index (χ0n) is 15.9. The van der Waals surface area contributed by atoms with Gasteiger partial charge in [-0.1, -0.05) is 42.5 Å². The summed E-state index contributed by atoms with van der Waals surface area (Å²) in [5.41, 5.74) is 4.11. The molecule has 5 nitrogen and oxygen atoms in total. The van der Waals surface area contributed by atoms with Gasteiger partial charge in [0, 0.05) is 30.3 Å². The van der Waals surface area contributed by atoms with Gasteiger partial charge in [-0.3, -0.25) is 4.79 Å². The molecule has 0 radical (unpaired) electrons. The number of likely N-dealkylation sites (tertiary alicyclic amines) is 1. The number of amides is 1. The van der Waals surface area contributed by atoms with Gasteiger partial charge < -0.3 is 9.88 Å². The Morgan fingerprint density at radius 2 is 1.79 bits per heavy atom. The maximum atomic E-state index is 12.8. The summed E-state index contributed by atoms with van der Waals surface area (Å²) in [5.74, 6) is 1.25. The van der Waals surface area contributed by atoms with Gasteiger partial charge in [0.1, 0.15) is 5.82 Å². The number of piperidine rings is 1. The van der Waals surface area contributed by atoms with Crippen molar-refractivity contribution < 1.29 is 4.79 Å². The third-order valence-electron chi connectivity index (χ3n) is 5.40. The van der Waals surface area contributed by atoms with E-state index in [4.69, 9.17) is 4.98 Å². The summed E-state index contributed by atoms with van der Waals surface area (Å²) in [7, 11) is 0. The van der Waals surface area contributed by atoms with E-state index in [1.807, 2.05) is 23.1 Å². The third-order valence-corrected chi connectivity index (χ3v) is 5.40. The van der Waals surface area contributed by atoms with Crippen LogP contribution >= 0.6 is 0 Å². The number of nitrogens with zero attached hydrogens (tertiary/aromatic N) is 3. The number of benzene rings is 2. The highest BCUT2D eigenvalue weighted by molar-refractivity contribution is 5.96. The monoisotopic (exact) mass is 370 g/mol. The van der Waals surface area contributed by atoms with Crippen LogP contribution in [-0.4, -0.2) is 33.9 Å². The predicted octanol–water partition coefficient (Wildman–Crippen LogP) is 4.28. The van der Waals surface area contributed by atoms with E-state index in [-0.39, 0.29) is 5.91 Å².